The van der Waals surface area contributed by atoms with E-state index in [0.29, 0.717) is 12.0 Å². The third kappa shape index (κ3) is 8.85. The van der Waals surface area contributed by atoms with E-state index in [9.17, 15) is 0 Å². The number of thioether (sulfide) groups is 1. The molecule has 0 aliphatic rings. The maximum atomic E-state index is 9.11. The van der Waals surface area contributed by atoms with Crippen LogP contribution in [0, 0.1) is 5.92 Å². The normalized spacial score (nSPS) is 13.5. The van der Waals surface area contributed by atoms with Crippen LogP contribution in [0.25, 0.3) is 0 Å². The van der Waals surface area contributed by atoms with Crippen molar-refractivity contribution in [1.82, 2.24) is 5.32 Å². The Labute approximate surface area is 92.9 Å². The molecule has 0 aromatic heterocycles. The zero-order chi connectivity index (χ0) is 10.8. The molecule has 0 aliphatic heterocycles. The van der Waals surface area contributed by atoms with Gasteiger partial charge in [-0.15, -0.1) is 0 Å². The Kier molecular flexibility index (Phi) is 10.0. The molecule has 2 nitrogen and oxygen atoms in total. The van der Waals surface area contributed by atoms with E-state index in [1.807, 2.05) is 11.8 Å². The zero-order valence-electron chi connectivity index (χ0n) is 9.75. The summed E-state index contributed by atoms with van der Waals surface area (Å²) >= 11 is 1.98. The van der Waals surface area contributed by atoms with Gasteiger partial charge < -0.3 is 10.4 Å². The van der Waals surface area contributed by atoms with Crippen molar-refractivity contribution in [2.75, 3.05) is 24.7 Å². The standard InChI is InChI=1S/C11H25NOS/c1-4-14-7-5-6-12-11(9-13)8-10(2)3/h10-13H,4-9H2,1-3H3. The SMILES string of the molecule is CCSCCCNC(CO)CC(C)C. The Bertz CT molecular complexity index is 120. The molecule has 0 saturated heterocycles. The molecule has 0 radical (unpaired) electrons. The second-order valence-electron chi connectivity index (χ2n) is 4.01. The van der Waals surface area contributed by atoms with Gasteiger partial charge in [0.25, 0.3) is 0 Å². The highest BCUT2D eigenvalue weighted by Crippen LogP contribution is 2.05. The molecule has 0 aliphatic carbocycles. The summed E-state index contributed by atoms with van der Waals surface area (Å²) in [6.07, 6.45) is 2.27. The van der Waals surface area contributed by atoms with E-state index in [0.717, 1.165) is 13.0 Å². The van der Waals surface area contributed by atoms with Crippen LogP contribution in [0.4, 0.5) is 0 Å². The van der Waals surface area contributed by atoms with Gasteiger partial charge in [0.1, 0.15) is 0 Å². The predicted octanol–water partition coefficient (Wildman–Crippen LogP) is 2.13. The van der Waals surface area contributed by atoms with Crippen molar-refractivity contribution in [2.45, 2.75) is 39.7 Å². The maximum absolute atomic E-state index is 9.11. The van der Waals surface area contributed by atoms with E-state index in [-0.39, 0.29) is 6.61 Å². The topological polar surface area (TPSA) is 32.3 Å². The summed E-state index contributed by atoms with van der Waals surface area (Å²) in [5.74, 6) is 3.09. The van der Waals surface area contributed by atoms with E-state index in [1.54, 1.807) is 0 Å². The van der Waals surface area contributed by atoms with Crippen molar-refractivity contribution in [3.63, 3.8) is 0 Å². The number of aliphatic hydroxyl groups is 1. The van der Waals surface area contributed by atoms with E-state index >= 15 is 0 Å². The number of hydrogen-bond acceptors (Lipinski definition) is 3. The van der Waals surface area contributed by atoms with Crippen LogP contribution in [0.15, 0.2) is 0 Å². The lowest BCUT2D eigenvalue weighted by Gasteiger charge is -2.17. The quantitative estimate of drug-likeness (QED) is 0.583. The molecular weight excluding hydrogens is 194 g/mol. The van der Waals surface area contributed by atoms with Gasteiger partial charge in [0.15, 0.2) is 0 Å². The van der Waals surface area contributed by atoms with Crippen LogP contribution < -0.4 is 5.32 Å². The summed E-state index contributed by atoms with van der Waals surface area (Å²) in [6.45, 7) is 7.87. The second-order valence-corrected chi connectivity index (χ2v) is 5.41. The maximum Gasteiger partial charge on any atom is 0.0584 e. The fourth-order valence-electron chi connectivity index (χ4n) is 1.42. The van der Waals surface area contributed by atoms with Gasteiger partial charge in [0, 0.05) is 6.04 Å². The highest BCUT2D eigenvalue weighted by molar-refractivity contribution is 7.99. The first-order chi connectivity index (χ1) is 6.70. The molecule has 0 fully saturated rings. The first-order valence-corrected chi connectivity index (χ1v) is 6.78. The van der Waals surface area contributed by atoms with Gasteiger partial charge in [0.05, 0.1) is 6.61 Å². The van der Waals surface area contributed by atoms with Gasteiger partial charge >= 0.3 is 0 Å². The fourth-order valence-corrected chi connectivity index (χ4v) is 2.05. The minimum atomic E-state index is 0.263. The van der Waals surface area contributed by atoms with Gasteiger partial charge in [-0.3, -0.25) is 0 Å². The molecule has 0 aromatic carbocycles. The summed E-state index contributed by atoms with van der Waals surface area (Å²) in [5, 5.41) is 12.5. The molecule has 86 valence electrons. The van der Waals surface area contributed by atoms with Gasteiger partial charge in [-0.2, -0.15) is 11.8 Å². The van der Waals surface area contributed by atoms with Crippen molar-refractivity contribution >= 4 is 11.8 Å². The average molecular weight is 219 g/mol. The lowest BCUT2D eigenvalue weighted by atomic mass is 10.0. The molecule has 1 unspecified atom stereocenters. The molecule has 1 atom stereocenters. The Morgan fingerprint density at radius 3 is 2.57 bits per heavy atom. The van der Waals surface area contributed by atoms with Gasteiger partial charge in [-0.05, 0) is 36.8 Å². The minimum absolute atomic E-state index is 0.263. The molecule has 0 saturated carbocycles. The number of nitrogens with one attached hydrogen (secondary N) is 1. The van der Waals surface area contributed by atoms with Crippen molar-refractivity contribution < 1.29 is 5.11 Å². The van der Waals surface area contributed by atoms with E-state index < -0.39 is 0 Å². The predicted molar refractivity (Wildman–Crippen MR) is 65.9 cm³/mol. The summed E-state index contributed by atoms with van der Waals surface area (Å²) < 4.78 is 0. The smallest absolute Gasteiger partial charge is 0.0584 e. The van der Waals surface area contributed by atoms with Crippen LogP contribution >= 0.6 is 11.8 Å². The third-order valence-electron chi connectivity index (χ3n) is 2.08. The van der Waals surface area contributed by atoms with E-state index in [4.69, 9.17) is 5.11 Å². The summed E-state index contributed by atoms with van der Waals surface area (Å²) in [5.41, 5.74) is 0. The van der Waals surface area contributed by atoms with Crippen LogP contribution in [0.5, 0.6) is 0 Å². The molecule has 0 bridgehead atoms. The number of rotatable bonds is 9. The molecule has 0 amide bonds. The molecule has 0 spiro atoms. The first-order valence-electron chi connectivity index (χ1n) is 5.62. The second kappa shape index (κ2) is 9.81. The van der Waals surface area contributed by atoms with Crippen LogP contribution in [0.2, 0.25) is 0 Å². The Morgan fingerprint density at radius 2 is 2.07 bits per heavy atom. The Balaban J connectivity index is 3.33. The number of hydrogen-bond donors (Lipinski definition) is 2. The van der Waals surface area contributed by atoms with Gasteiger partial charge in [-0.25, -0.2) is 0 Å². The van der Waals surface area contributed by atoms with Crippen molar-refractivity contribution in [2.24, 2.45) is 5.92 Å². The van der Waals surface area contributed by atoms with E-state index in [2.05, 4.69) is 26.1 Å². The first kappa shape index (κ1) is 14.3. The summed E-state index contributed by atoms with van der Waals surface area (Å²) in [6, 6.07) is 0.293. The molecule has 3 heteroatoms. The highest BCUT2D eigenvalue weighted by Gasteiger charge is 2.07. The van der Waals surface area contributed by atoms with Crippen molar-refractivity contribution in [3.05, 3.63) is 0 Å². The van der Waals surface area contributed by atoms with Gasteiger partial charge in [0.2, 0.25) is 0 Å². The summed E-state index contributed by atoms with van der Waals surface area (Å²) in [7, 11) is 0. The van der Waals surface area contributed by atoms with Gasteiger partial charge in [-0.1, -0.05) is 20.8 Å². The lowest BCUT2D eigenvalue weighted by molar-refractivity contribution is 0.225. The number of aliphatic hydroxyl groups excluding tert-OH is 1. The molecule has 0 rings (SSSR count). The minimum Gasteiger partial charge on any atom is -0.395 e. The Hall–Kier alpha value is 0.270. The van der Waals surface area contributed by atoms with Crippen LogP contribution in [0.3, 0.4) is 0 Å². The van der Waals surface area contributed by atoms with Crippen LogP contribution in [0.1, 0.15) is 33.6 Å². The molecule has 0 heterocycles. The zero-order valence-corrected chi connectivity index (χ0v) is 10.6. The molecule has 2 N–H and O–H groups in total. The van der Waals surface area contributed by atoms with Crippen LogP contribution in [-0.4, -0.2) is 35.8 Å². The molecule has 0 aromatic rings. The van der Waals surface area contributed by atoms with E-state index in [1.165, 1.54) is 17.9 Å². The molecule has 14 heavy (non-hydrogen) atoms. The fraction of sp³-hybridized carbons (Fsp3) is 1.00. The Morgan fingerprint density at radius 1 is 1.36 bits per heavy atom. The largest absolute Gasteiger partial charge is 0.395 e. The van der Waals surface area contributed by atoms with Crippen LogP contribution in [-0.2, 0) is 0 Å². The third-order valence-corrected chi connectivity index (χ3v) is 3.06. The highest BCUT2D eigenvalue weighted by atomic mass is 32.2. The van der Waals surface area contributed by atoms with Crippen molar-refractivity contribution in [1.29, 1.82) is 0 Å². The lowest BCUT2D eigenvalue weighted by Crippen LogP contribution is -2.34. The molecular formula is C11H25NOS. The average Bonchev–Trinajstić information content (AvgIpc) is 2.15. The summed E-state index contributed by atoms with van der Waals surface area (Å²) in [4.78, 5) is 0. The monoisotopic (exact) mass is 219 g/mol. The van der Waals surface area contributed by atoms with Crippen molar-refractivity contribution in [3.8, 4) is 0 Å².